The molecule has 2 aromatic rings. The van der Waals surface area contributed by atoms with Gasteiger partial charge in [-0.3, -0.25) is 4.79 Å². The van der Waals surface area contributed by atoms with Crippen LogP contribution in [0.3, 0.4) is 0 Å². The molecular weight excluding hydrogens is 374 g/mol. The number of hydrogen-bond acceptors (Lipinski definition) is 4. The molecule has 0 aromatic heterocycles. The zero-order valence-corrected chi connectivity index (χ0v) is 18.2. The van der Waals surface area contributed by atoms with Crippen LogP contribution in [0.25, 0.3) is 0 Å². The number of rotatable bonds is 7. The van der Waals surface area contributed by atoms with Crippen LogP contribution in [0.4, 0.5) is 5.69 Å². The highest BCUT2D eigenvalue weighted by Gasteiger charge is 2.20. The first-order valence-electron chi connectivity index (χ1n) is 9.10. The Morgan fingerprint density at radius 1 is 1.00 bits per heavy atom. The Hall–Kier alpha value is -2.38. The lowest BCUT2D eigenvalue weighted by Gasteiger charge is -2.20. The third kappa shape index (κ3) is 4.91. The van der Waals surface area contributed by atoms with Crippen molar-refractivity contribution in [1.29, 1.82) is 0 Å². The van der Waals surface area contributed by atoms with Crippen molar-refractivity contribution in [3.8, 4) is 0 Å². The van der Waals surface area contributed by atoms with E-state index in [1.165, 1.54) is 18.4 Å². The first kappa shape index (κ1) is 21.9. The number of likely N-dealkylation sites (N-methyl/N-ethyl adjacent to an activating group) is 1. The van der Waals surface area contributed by atoms with Gasteiger partial charge in [0.15, 0.2) is 0 Å². The molecule has 0 aliphatic carbocycles. The number of aryl methyl sites for hydroxylation is 2. The molecule has 0 aliphatic heterocycles. The van der Waals surface area contributed by atoms with Crippen molar-refractivity contribution in [2.45, 2.75) is 32.2 Å². The van der Waals surface area contributed by atoms with Crippen LogP contribution in [0, 0.1) is 20.8 Å². The summed E-state index contributed by atoms with van der Waals surface area (Å²) in [6.45, 7) is 6.41. The lowest BCUT2D eigenvalue weighted by atomic mass is 10.1. The topological polar surface area (TPSA) is 69.7 Å². The SMILES string of the molecule is Cc1ccccc1CN(C)C(=O)CNc1cc(S(=O)(=O)N(C)C)cc(C)c1C. The minimum atomic E-state index is -3.54. The van der Waals surface area contributed by atoms with E-state index in [1.807, 2.05) is 45.0 Å². The highest BCUT2D eigenvalue weighted by atomic mass is 32.2. The Balaban J connectivity index is 2.14. The molecule has 6 nitrogen and oxygen atoms in total. The van der Waals surface area contributed by atoms with Crippen LogP contribution < -0.4 is 5.32 Å². The Morgan fingerprint density at radius 3 is 2.25 bits per heavy atom. The maximum absolute atomic E-state index is 12.6. The summed E-state index contributed by atoms with van der Waals surface area (Å²) in [5.74, 6) is -0.0684. The van der Waals surface area contributed by atoms with E-state index in [0.29, 0.717) is 12.2 Å². The number of carbonyl (C=O) groups is 1. The van der Waals surface area contributed by atoms with E-state index in [4.69, 9.17) is 0 Å². The number of sulfonamides is 1. The Morgan fingerprint density at radius 2 is 1.64 bits per heavy atom. The average Bonchev–Trinajstić information content (AvgIpc) is 2.64. The molecule has 0 heterocycles. The van der Waals surface area contributed by atoms with Gasteiger partial charge in [0, 0.05) is 33.4 Å². The maximum atomic E-state index is 12.6. The van der Waals surface area contributed by atoms with E-state index >= 15 is 0 Å². The normalized spacial score (nSPS) is 11.5. The summed E-state index contributed by atoms with van der Waals surface area (Å²) >= 11 is 0. The summed E-state index contributed by atoms with van der Waals surface area (Å²) in [4.78, 5) is 14.4. The molecule has 2 aromatic carbocycles. The second-order valence-electron chi connectivity index (χ2n) is 7.23. The molecule has 0 saturated heterocycles. The Labute approximate surface area is 168 Å². The Kier molecular flexibility index (Phi) is 6.85. The zero-order valence-electron chi connectivity index (χ0n) is 17.4. The highest BCUT2D eigenvalue weighted by molar-refractivity contribution is 7.89. The fourth-order valence-corrected chi connectivity index (χ4v) is 3.82. The monoisotopic (exact) mass is 403 g/mol. The lowest BCUT2D eigenvalue weighted by Crippen LogP contribution is -2.32. The molecule has 2 rings (SSSR count). The third-order valence-corrected chi connectivity index (χ3v) is 6.74. The van der Waals surface area contributed by atoms with Crippen molar-refractivity contribution in [3.63, 3.8) is 0 Å². The van der Waals surface area contributed by atoms with Crippen LogP contribution in [0.5, 0.6) is 0 Å². The number of benzene rings is 2. The maximum Gasteiger partial charge on any atom is 0.242 e. The largest absolute Gasteiger partial charge is 0.376 e. The first-order valence-corrected chi connectivity index (χ1v) is 10.5. The van der Waals surface area contributed by atoms with Crippen LogP contribution in [-0.4, -0.2) is 51.2 Å². The number of amides is 1. The molecule has 0 saturated carbocycles. The average molecular weight is 404 g/mol. The van der Waals surface area contributed by atoms with Crippen LogP contribution in [0.15, 0.2) is 41.3 Å². The van der Waals surface area contributed by atoms with E-state index in [9.17, 15) is 13.2 Å². The van der Waals surface area contributed by atoms with E-state index in [1.54, 1.807) is 24.1 Å². The molecule has 1 N–H and O–H groups in total. The van der Waals surface area contributed by atoms with Crippen molar-refractivity contribution >= 4 is 21.6 Å². The van der Waals surface area contributed by atoms with E-state index in [-0.39, 0.29) is 17.3 Å². The van der Waals surface area contributed by atoms with Crippen LogP contribution in [-0.2, 0) is 21.4 Å². The van der Waals surface area contributed by atoms with Crippen molar-refractivity contribution in [1.82, 2.24) is 9.21 Å². The molecule has 1 amide bonds. The standard InChI is InChI=1S/C21H29N3O3S/c1-15-9-7-8-10-18(15)14-24(6)21(25)13-22-20-12-19(11-16(2)17(20)3)28(26,27)23(4)5/h7-12,22H,13-14H2,1-6H3. The number of hydrogen-bond donors (Lipinski definition) is 1. The van der Waals surface area contributed by atoms with E-state index < -0.39 is 10.0 Å². The molecule has 0 spiro atoms. The van der Waals surface area contributed by atoms with Gasteiger partial charge < -0.3 is 10.2 Å². The minimum absolute atomic E-state index is 0.0684. The van der Waals surface area contributed by atoms with Crippen molar-refractivity contribution in [2.24, 2.45) is 0 Å². The van der Waals surface area contributed by atoms with Crippen molar-refractivity contribution < 1.29 is 13.2 Å². The van der Waals surface area contributed by atoms with Crippen molar-refractivity contribution in [2.75, 3.05) is 33.0 Å². The second kappa shape index (κ2) is 8.75. The van der Waals surface area contributed by atoms with Gasteiger partial charge in [-0.2, -0.15) is 0 Å². The minimum Gasteiger partial charge on any atom is -0.376 e. The van der Waals surface area contributed by atoms with Gasteiger partial charge in [-0.15, -0.1) is 0 Å². The van der Waals surface area contributed by atoms with Gasteiger partial charge >= 0.3 is 0 Å². The molecular formula is C21H29N3O3S. The van der Waals surface area contributed by atoms with Crippen molar-refractivity contribution in [3.05, 3.63) is 58.7 Å². The van der Waals surface area contributed by atoms with Gasteiger partial charge in [0.2, 0.25) is 15.9 Å². The summed E-state index contributed by atoms with van der Waals surface area (Å²) in [5.41, 5.74) is 4.67. The van der Waals surface area contributed by atoms with Gasteiger partial charge in [-0.1, -0.05) is 24.3 Å². The third-order valence-electron chi connectivity index (χ3n) is 4.94. The summed E-state index contributed by atoms with van der Waals surface area (Å²) < 4.78 is 26.1. The van der Waals surface area contributed by atoms with E-state index in [0.717, 1.165) is 22.3 Å². The number of carbonyl (C=O) groups excluding carboxylic acids is 1. The van der Waals surface area contributed by atoms with Gasteiger partial charge in [0.05, 0.1) is 11.4 Å². The predicted octanol–water partition coefficient (Wildman–Crippen LogP) is 2.93. The van der Waals surface area contributed by atoms with Gasteiger partial charge in [0.25, 0.3) is 0 Å². The smallest absolute Gasteiger partial charge is 0.242 e. The van der Waals surface area contributed by atoms with Crippen LogP contribution >= 0.6 is 0 Å². The molecule has 7 heteroatoms. The zero-order chi connectivity index (χ0) is 21.1. The number of nitrogens with one attached hydrogen (secondary N) is 1. The molecule has 28 heavy (non-hydrogen) atoms. The molecule has 0 radical (unpaired) electrons. The predicted molar refractivity (Wildman–Crippen MR) is 113 cm³/mol. The molecule has 0 atom stereocenters. The summed E-state index contributed by atoms with van der Waals surface area (Å²) in [6.07, 6.45) is 0. The Bertz CT molecular complexity index is 969. The quantitative estimate of drug-likeness (QED) is 0.772. The van der Waals surface area contributed by atoms with Crippen LogP contribution in [0.1, 0.15) is 22.3 Å². The van der Waals surface area contributed by atoms with Crippen LogP contribution in [0.2, 0.25) is 0 Å². The van der Waals surface area contributed by atoms with E-state index in [2.05, 4.69) is 5.32 Å². The van der Waals surface area contributed by atoms with Gasteiger partial charge in [-0.05, 0) is 55.2 Å². The molecule has 0 unspecified atom stereocenters. The molecule has 0 fully saturated rings. The second-order valence-corrected chi connectivity index (χ2v) is 9.38. The number of anilines is 1. The highest BCUT2D eigenvalue weighted by Crippen LogP contribution is 2.25. The fourth-order valence-electron chi connectivity index (χ4n) is 2.81. The molecule has 0 aliphatic rings. The van der Waals surface area contributed by atoms with Gasteiger partial charge in [0.1, 0.15) is 0 Å². The van der Waals surface area contributed by atoms with Gasteiger partial charge in [-0.25, -0.2) is 12.7 Å². The summed E-state index contributed by atoms with van der Waals surface area (Å²) in [6, 6.07) is 11.2. The molecule has 152 valence electrons. The first-order chi connectivity index (χ1) is 13.0. The lowest BCUT2D eigenvalue weighted by molar-refractivity contribution is -0.128. The summed E-state index contributed by atoms with van der Waals surface area (Å²) in [7, 11) is 1.23. The molecule has 0 bridgehead atoms. The number of nitrogens with zero attached hydrogens (tertiary/aromatic N) is 2. The fraction of sp³-hybridized carbons (Fsp3) is 0.381. The summed E-state index contributed by atoms with van der Waals surface area (Å²) in [5, 5.41) is 3.11.